The summed E-state index contributed by atoms with van der Waals surface area (Å²) in [4.78, 5) is 0. The fourth-order valence-electron chi connectivity index (χ4n) is 4.31. The van der Waals surface area contributed by atoms with Crippen LogP contribution >= 0.6 is 0 Å². The van der Waals surface area contributed by atoms with E-state index < -0.39 is 0 Å². The molecule has 0 heterocycles. The summed E-state index contributed by atoms with van der Waals surface area (Å²) in [5, 5.41) is 0. The largest absolute Gasteiger partial charge is 0.0654 e. The van der Waals surface area contributed by atoms with Gasteiger partial charge in [-0.25, -0.2) is 0 Å². The van der Waals surface area contributed by atoms with Crippen molar-refractivity contribution in [3.8, 4) is 0 Å². The van der Waals surface area contributed by atoms with Gasteiger partial charge >= 0.3 is 0 Å². The van der Waals surface area contributed by atoms with E-state index >= 15 is 0 Å². The van der Waals surface area contributed by atoms with Gasteiger partial charge < -0.3 is 0 Å². The van der Waals surface area contributed by atoms with E-state index in [1.807, 2.05) is 0 Å². The molecule has 19 heavy (non-hydrogen) atoms. The fourth-order valence-corrected chi connectivity index (χ4v) is 4.31. The molecule has 0 aromatic heterocycles. The average molecular weight is 267 g/mol. The molecule has 0 nitrogen and oxygen atoms in total. The third-order valence-corrected chi connectivity index (χ3v) is 6.29. The Labute approximate surface area is 122 Å². The molecule has 0 aromatic rings. The summed E-state index contributed by atoms with van der Waals surface area (Å²) in [5.74, 6) is 2.91. The van der Waals surface area contributed by atoms with Gasteiger partial charge in [-0.2, -0.15) is 0 Å². The Hall–Kier alpha value is 0. The highest BCUT2D eigenvalue weighted by Gasteiger charge is 2.50. The minimum absolute atomic E-state index is 0.653. The summed E-state index contributed by atoms with van der Waals surface area (Å²) in [6.07, 6.45) is 14.4. The van der Waals surface area contributed by atoms with Crippen molar-refractivity contribution < 1.29 is 0 Å². The van der Waals surface area contributed by atoms with Gasteiger partial charge in [0.05, 0.1) is 0 Å². The molecule has 0 saturated heterocycles. The molecular formula is C19H38. The van der Waals surface area contributed by atoms with Crippen LogP contribution in [-0.4, -0.2) is 0 Å². The lowest BCUT2D eigenvalue weighted by atomic mass is 9.48. The zero-order valence-electron chi connectivity index (χ0n) is 14.3. The van der Waals surface area contributed by atoms with Gasteiger partial charge in [-0.3, -0.25) is 0 Å². The monoisotopic (exact) mass is 266 g/mol. The maximum Gasteiger partial charge on any atom is -0.0246 e. The van der Waals surface area contributed by atoms with E-state index in [2.05, 4.69) is 34.6 Å². The molecule has 0 N–H and O–H groups in total. The van der Waals surface area contributed by atoms with Gasteiger partial charge in [0, 0.05) is 0 Å². The van der Waals surface area contributed by atoms with Crippen molar-refractivity contribution in [3.63, 3.8) is 0 Å². The van der Waals surface area contributed by atoms with Gasteiger partial charge in [0.15, 0.2) is 0 Å². The molecule has 0 spiro atoms. The lowest BCUT2D eigenvalue weighted by Gasteiger charge is -2.57. The Morgan fingerprint density at radius 1 is 1.00 bits per heavy atom. The predicted octanol–water partition coefficient (Wildman–Crippen LogP) is 6.84. The van der Waals surface area contributed by atoms with Crippen LogP contribution in [0.4, 0.5) is 0 Å². The maximum absolute atomic E-state index is 2.60. The molecule has 0 aromatic carbocycles. The van der Waals surface area contributed by atoms with Crippen molar-refractivity contribution in [2.75, 3.05) is 0 Å². The first-order chi connectivity index (χ1) is 9.07. The maximum atomic E-state index is 2.60. The fraction of sp³-hybridized carbons (Fsp3) is 1.00. The van der Waals surface area contributed by atoms with E-state index in [1.165, 1.54) is 64.2 Å². The van der Waals surface area contributed by atoms with E-state index in [1.54, 1.807) is 0 Å². The lowest BCUT2D eigenvalue weighted by Crippen LogP contribution is -2.49. The molecular weight excluding hydrogens is 228 g/mol. The first-order valence-corrected chi connectivity index (χ1v) is 9.07. The highest BCUT2D eigenvalue weighted by molar-refractivity contribution is 4.99. The van der Waals surface area contributed by atoms with Gasteiger partial charge in [-0.15, -0.1) is 0 Å². The van der Waals surface area contributed by atoms with E-state index in [0.29, 0.717) is 5.41 Å². The van der Waals surface area contributed by atoms with Crippen LogP contribution in [-0.2, 0) is 0 Å². The molecule has 4 atom stereocenters. The van der Waals surface area contributed by atoms with Crippen LogP contribution in [0.3, 0.4) is 0 Å². The molecule has 114 valence electrons. The highest BCUT2D eigenvalue weighted by atomic mass is 14.6. The zero-order valence-corrected chi connectivity index (χ0v) is 14.3. The second-order valence-electron chi connectivity index (χ2n) is 7.45. The molecule has 0 aliphatic heterocycles. The van der Waals surface area contributed by atoms with Gasteiger partial charge in [-0.1, -0.05) is 86.0 Å². The number of unbranched alkanes of at least 4 members (excludes halogenated alkanes) is 5. The molecule has 1 saturated carbocycles. The Kier molecular flexibility index (Phi) is 7.47. The standard InChI is InChI=1S/C19H38/c1-6-8-10-11-12-13-16(3)19(5)17(4)15-18(19)14-9-7-2/h16-18H,6-15H2,1-5H3. The van der Waals surface area contributed by atoms with Gasteiger partial charge in [0.25, 0.3) is 0 Å². The van der Waals surface area contributed by atoms with Crippen molar-refractivity contribution in [1.29, 1.82) is 0 Å². The van der Waals surface area contributed by atoms with Crippen LogP contribution in [0.1, 0.15) is 98.8 Å². The van der Waals surface area contributed by atoms with Crippen LogP contribution in [0.25, 0.3) is 0 Å². The molecule has 4 unspecified atom stereocenters. The molecule has 1 aliphatic carbocycles. The number of hydrogen-bond acceptors (Lipinski definition) is 0. The molecule has 0 amide bonds. The molecule has 1 rings (SSSR count). The summed E-state index contributed by atoms with van der Waals surface area (Å²) in [6, 6.07) is 0. The SMILES string of the molecule is CCCCCCCC(C)C1(C)C(C)CC1CCCC. The zero-order chi connectivity index (χ0) is 14.3. The summed E-state index contributed by atoms with van der Waals surface area (Å²) in [7, 11) is 0. The Morgan fingerprint density at radius 2 is 1.63 bits per heavy atom. The van der Waals surface area contributed by atoms with Gasteiger partial charge in [0.1, 0.15) is 0 Å². The van der Waals surface area contributed by atoms with Gasteiger partial charge in [0.2, 0.25) is 0 Å². The first-order valence-electron chi connectivity index (χ1n) is 9.07. The van der Waals surface area contributed by atoms with Crippen molar-refractivity contribution >= 4 is 0 Å². The topological polar surface area (TPSA) is 0 Å². The minimum Gasteiger partial charge on any atom is -0.0654 e. The van der Waals surface area contributed by atoms with Crippen molar-refractivity contribution in [2.45, 2.75) is 98.8 Å². The molecule has 0 bridgehead atoms. The van der Waals surface area contributed by atoms with E-state index in [9.17, 15) is 0 Å². The van der Waals surface area contributed by atoms with Gasteiger partial charge in [-0.05, 0) is 36.0 Å². The number of rotatable bonds is 10. The third kappa shape index (κ3) is 4.23. The lowest BCUT2D eigenvalue weighted by molar-refractivity contribution is -0.0811. The van der Waals surface area contributed by atoms with Crippen molar-refractivity contribution in [1.82, 2.24) is 0 Å². The minimum atomic E-state index is 0.653. The number of hydrogen-bond donors (Lipinski definition) is 0. The van der Waals surface area contributed by atoms with Crippen LogP contribution in [0, 0.1) is 23.2 Å². The summed E-state index contributed by atoms with van der Waals surface area (Å²) in [5.41, 5.74) is 0.653. The molecule has 0 radical (unpaired) electrons. The normalized spacial score (nSPS) is 32.1. The van der Waals surface area contributed by atoms with E-state index in [4.69, 9.17) is 0 Å². The predicted molar refractivity (Wildman–Crippen MR) is 87.4 cm³/mol. The Bertz CT molecular complexity index is 232. The second-order valence-corrected chi connectivity index (χ2v) is 7.45. The summed E-state index contributed by atoms with van der Waals surface area (Å²) < 4.78 is 0. The third-order valence-electron chi connectivity index (χ3n) is 6.29. The quantitative estimate of drug-likeness (QED) is 0.380. The van der Waals surface area contributed by atoms with E-state index in [-0.39, 0.29) is 0 Å². The van der Waals surface area contributed by atoms with Crippen LogP contribution in [0.5, 0.6) is 0 Å². The van der Waals surface area contributed by atoms with Crippen LogP contribution in [0.15, 0.2) is 0 Å². The van der Waals surface area contributed by atoms with Crippen molar-refractivity contribution in [2.24, 2.45) is 23.2 Å². The molecule has 1 aliphatic rings. The van der Waals surface area contributed by atoms with Crippen LogP contribution < -0.4 is 0 Å². The molecule has 0 heteroatoms. The highest BCUT2D eigenvalue weighted by Crippen LogP contribution is 2.58. The first kappa shape index (κ1) is 17.1. The van der Waals surface area contributed by atoms with Crippen molar-refractivity contribution in [3.05, 3.63) is 0 Å². The average Bonchev–Trinajstić information content (AvgIpc) is 2.41. The Balaban J connectivity index is 2.33. The Morgan fingerprint density at radius 3 is 2.21 bits per heavy atom. The van der Waals surface area contributed by atoms with E-state index in [0.717, 1.165) is 17.8 Å². The summed E-state index contributed by atoms with van der Waals surface area (Å²) in [6.45, 7) is 12.3. The summed E-state index contributed by atoms with van der Waals surface area (Å²) >= 11 is 0. The molecule has 1 fully saturated rings. The smallest absolute Gasteiger partial charge is 0.0246 e. The van der Waals surface area contributed by atoms with Crippen LogP contribution in [0.2, 0.25) is 0 Å². The second kappa shape index (κ2) is 8.32.